The number of nitrogens with one attached hydrogen (secondary N) is 1. The van der Waals surface area contributed by atoms with Gasteiger partial charge in [-0.2, -0.15) is 0 Å². The molecule has 88 valence electrons. The lowest BCUT2D eigenvalue weighted by molar-refractivity contribution is 0.118. The van der Waals surface area contributed by atoms with Crippen LogP contribution in [0, 0.1) is 0 Å². The molecule has 2 heterocycles. The molecule has 0 bridgehead atoms. The summed E-state index contributed by atoms with van der Waals surface area (Å²) < 4.78 is 0. The molecular weight excluding hydrogens is 198 g/mol. The molecule has 2 atom stereocenters. The Hall–Kier alpha value is -0.930. The lowest BCUT2D eigenvalue weighted by Crippen LogP contribution is -2.55. The van der Waals surface area contributed by atoms with Crippen molar-refractivity contribution in [3.8, 4) is 0 Å². The highest BCUT2D eigenvalue weighted by Gasteiger charge is 2.23. The van der Waals surface area contributed by atoms with Crippen molar-refractivity contribution < 1.29 is 0 Å². The Morgan fingerprint density at radius 2 is 2.06 bits per heavy atom. The van der Waals surface area contributed by atoms with Crippen LogP contribution in [0.4, 0.5) is 0 Å². The zero-order valence-corrected chi connectivity index (χ0v) is 10.2. The summed E-state index contributed by atoms with van der Waals surface area (Å²) in [5, 5.41) is 3.46. The normalized spacial score (nSPS) is 26.9. The molecule has 3 heteroatoms. The summed E-state index contributed by atoms with van der Waals surface area (Å²) in [5.74, 6) is 0. The van der Waals surface area contributed by atoms with Crippen LogP contribution in [0.1, 0.15) is 19.5 Å². The van der Waals surface area contributed by atoms with Gasteiger partial charge in [0.05, 0.1) is 0 Å². The molecular formula is C13H21N3. The molecule has 1 saturated heterocycles. The number of rotatable bonds is 3. The Bertz CT molecular complexity index is 302. The molecule has 1 aromatic rings. The molecule has 1 N–H and O–H groups in total. The van der Waals surface area contributed by atoms with Gasteiger partial charge in [0, 0.05) is 50.0 Å². The van der Waals surface area contributed by atoms with Gasteiger partial charge in [0.1, 0.15) is 0 Å². The van der Waals surface area contributed by atoms with Crippen LogP contribution in [0.5, 0.6) is 0 Å². The average Bonchev–Trinajstić information content (AvgIpc) is 2.30. The van der Waals surface area contributed by atoms with Gasteiger partial charge in [-0.3, -0.25) is 9.88 Å². The van der Waals surface area contributed by atoms with Crippen molar-refractivity contribution in [2.45, 2.75) is 32.4 Å². The second kappa shape index (κ2) is 5.41. The number of aromatic nitrogens is 1. The predicted molar refractivity (Wildman–Crippen MR) is 66.4 cm³/mol. The minimum absolute atomic E-state index is 0.632. The predicted octanol–water partition coefficient (Wildman–Crippen LogP) is 1.31. The first-order chi connectivity index (χ1) is 7.77. The Labute approximate surface area is 97.9 Å². The van der Waals surface area contributed by atoms with Gasteiger partial charge in [-0.25, -0.2) is 0 Å². The molecule has 0 radical (unpaired) electrons. The van der Waals surface area contributed by atoms with Crippen molar-refractivity contribution in [1.82, 2.24) is 15.2 Å². The largest absolute Gasteiger partial charge is 0.314 e. The molecule has 3 nitrogen and oxygen atoms in total. The van der Waals surface area contributed by atoms with Crippen LogP contribution in [-0.2, 0) is 6.42 Å². The monoisotopic (exact) mass is 219 g/mol. The summed E-state index contributed by atoms with van der Waals surface area (Å²) in [4.78, 5) is 6.95. The van der Waals surface area contributed by atoms with E-state index in [0.29, 0.717) is 12.1 Å². The summed E-state index contributed by atoms with van der Waals surface area (Å²) in [7, 11) is 0. The summed E-state index contributed by atoms with van der Waals surface area (Å²) in [6, 6.07) is 7.41. The molecule has 1 aliphatic rings. The summed E-state index contributed by atoms with van der Waals surface area (Å²) in [6.07, 6.45) is 2.93. The Morgan fingerprint density at radius 1 is 1.31 bits per heavy atom. The zero-order chi connectivity index (χ0) is 11.4. The molecule has 2 rings (SSSR count). The molecule has 0 aliphatic carbocycles. The van der Waals surface area contributed by atoms with E-state index in [1.165, 1.54) is 5.69 Å². The van der Waals surface area contributed by atoms with E-state index in [1.807, 2.05) is 12.3 Å². The molecule has 1 fully saturated rings. The molecule has 2 unspecified atom stereocenters. The van der Waals surface area contributed by atoms with E-state index < -0.39 is 0 Å². The third-order valence-corrected chi connectivity index (χ3v) is 3.36. The van der Waals surface area contributed by atoms with Crippen molar-refractivity contribution in [3.05, 3.63) is 30.1 Å². The van der Waals surface area contributed by atoms with Crippen LogP contribution in [0.3, 0.4) is 0 Å². The van der Waals surface area contributed by atoms with E-state index in [-0.39, 0.29) is 0 Å². The van der Waals surface area contributed by atoms with Crippen molar-refractivity contribution in [3.63, 3.8) is 0 Å². The Kier molecular flexibility index (Phi) is 3.91. The van der Waals surface area contributed by atoms with E-state index in [9.17, 15) is 0 Å². The summed E-state index contributed by atoms with van der Waals surface area (Å²) in [6.45, 7) is 7.91. The van der Waals surface area contributed by atoms with Gasteiger partial charge < -0.3 is 5.32 Å². The SMILES string of the molecule is CC1CNCC(C)N1CCc1ccccn1. The smallest absolute Gasteiger partial charge is 0.0416 e. The van der Waals surface area contributed by atoms with E-state index >= 15 is 0 Å². The fourth-order valence-electron chi connectivity index (χ4n) is 2.40. The van der Waals surface area contributed by atoms with Crippen LogP contribution >= 0.6 is 0 Å². The van der Waals surface area contributed by atoms with Crippen LogP contribution in [0.15, 0.2) is 24.4 Å². The van der Waals surface area contributed by atoms with Crippen molar-refractivity contribution >= 4 is 0 Å². The third kappa shape index (κ3) is 2.80. The second-order valence-electron chi connectivity index (χ2n) is 4.67. The maximum absolute atomic E-state index is 4.37. The van der Waals surface area contributed by atoms with Crippen LogP contribution in [-0.4, -0.2) is 41.6 Å². The number of pyridine rings is 1. The van der Waals surface area contributed by atoms with Crippen molar-refractivity contribution in [2.24, 2.45) is 0 Å². The number of hydrogen-bond donors (Lipinski definition) is 1. The molecule has 0 spiro atoms. The van der Waals surface area contributed by atoms with Gasteiger partial charge in [-0.15, -0.1) is 0 Å². The van der Waals surface area contributed by atoms with Crippen molar-refractivity contribution in [1.29, 1.82) is 0 Å². The number of nitrogens with zero attached hydrogens (tertiary/aromatic N) is 2. The minimum Gasteiger partial charge on any atom is -0.314 e. The quantitative estimate of drug-likeness (QED) is 0.830. The number of piperazine rings is 1. The summed E-state index contributed by atoms with van der Waals surface area (Å²) in [5.41, 5.74) is 1.19. The van der Waals surface area contributed by atoms with Crippen LogP contribution in [0.25, 0.3) is 0 Å². The van der Waals surface area contributed by atoms with Crippen LogP contribution in [0.2, 0.25) is 0 Å². The van der Waals surface area contributed by atoms with E-state index in [4.69, 9.17) is 0 Å². The lowest BCUT2D eigenvalue weighted by Gasteiger charge is -2.39. The lowest BCUT2D eigenvalue weighted by atomic mass is 10.1. The second-order valence-corrected chi connectivity index (χ2v) is 4.67. The molecule has 0 aromatic carbocycles. The highest BCUT2D eigenvalue weighted by Crippen LogP contribution is 2.10. The molecule has 1 aromatic heterocycles. The average molecular weight is 219 g/mol. The molecule has 0 saturated carbocycles. The Morgan fingerprint density at radius 3 is 2.69 bits per heavy atom. The Balaban J connectivity index is 1.89. The fraction of sp³-hybridized carbons (Fsp3) is 0.615. The summed E-state index contributed by atoms with van der Waals surface area (Å²) >= 11 is 0. The highest BCUT2D eigenvalue weighted by molar-refractivity contribution is 5.04. The number of hydrogen-bond acceptors (Lipinski definition) is 3. The maximum Gasteiger partial charge on any atom is 0.0416 e. The minimum atomic E-state index is 0.632. The van der Waals surface area contributed by atoms with Gasteiger partial charge in [-0.1, -0.05) is 6.07 Å². The topological polar surface area (TPSA) is 28.2 Å². The first-order valence-electron chi connectivity index (χ1n) is 6.13. The molecule has 0 amide bonds. The van der Waals surface area contributed by atoms with Gasteiger partial charge in [0.15, 0.2) is 0 Å². The molecule has 16 heavy (non-hydrogen) atoms. The zero-order valence-electron chi connectivity index (χ0n) is 10.2. The van der Waals surface area contributed by atoms with Crippen LogP contribution < -0.4 is 5.32 Å². The maximum atomic E-state index is 4.37. The first kappa shape index (κ1) is 11.6. The van der Waals surface area contributed by atoms with E-state index in [0.717, 1.165) is 26.1 Å². The van der Waals surface area contributed by atoms with Gasteiger partial charge in [-0.05, 0) is 26.0 Å². The van der Waals surface area contributed by atoms with Gasteiger partial charge in [0.2, 0.25) is 0 Å². The van der Waals surface area contributed by atoms with Crippen molar-refractivity contribution in [2.75, 3.05) is 19.6 Å². The third-order valence-electron chi connectivity index (χ3n) is 3.36. The van der Waals surface area contributed by atoms with E-state index in [1.54, 1.807) is 0 Å². The van der Waals surface area contributed by atoms with Gasteiger partial charge >= 0.3 is 0 Å². The fourth-order valence-corrected chi connectivity index (χ4v) is 2.40. The first-order valence-corrected chi connectivity index (χ1v) is 6.13. The molecule has 1 aliphatic heterocycles. The van der Waals surface area contributed by atoms with Gasteiger partial charge in [0.25, 0.3) is 0 Å². The highest BCUT2D eigenvalue weighted by atomic mass is 15.2. The standard InChI is InChI=1S/C13H21N3/c1-11-9-14-10-12(2)16(11)8-6-13-5-3-4-7-15-13/h3-5,7,11-12,14H,6,8-10H2,1-2H3. The van der Waals surface area contributed by atoms with E-state index in [2.05, 4.69) is 41.2 Å².